The summed E-state index contributed by atoms with van der Waals surface area (Å²) in [4.78, 5) is 2.26. The normalized spacial score (nSPS) is 29.0. The average molecular weight is 276 g/mol. The standard InChI is InChI=1S/C15H18ClN3/c1-19(14-7-12-3-4-13(8-14)18-12)15-5-2-11(16)6-10(15)9-17/h2,5-6,12-14,18H,3-4,7-8H2,1H3. The van der Waals surface area contributed by atoms with E-state index in [9.17, 15) is 5.26 Å². The van der Waals surface area contributed by atoms with Crippen molar-refractivity contribution in [3.05, 3.63) is 28.8 Å². The number of rotatable bonds is 2. The predicted molar refractivity (Wildman–Crippen MR) is 77.5 cm³/mol. The van der Waals surface area contributed by atoms with Crippen LogP contribution in [-0.2, 0) is 0 Å². The number of fused-ring (bicyclic) bond motifs is 2. The van der Waals surface area contributed by atoms with E-state index in [0.717, 1.165) is 5.69 Å². The van der Waals surface area contributed by atoms with Gasteiger partial charge in [-0.3, -0.25) is 0 Å². The molecule has 1 N–H and O–H groups in total. The maximum Gasteiger partial charge on any atom is 0.101 e. The molecule has 0 aromatic heterocycles. The van der Waals surface area contributed by atoms with E-state index in [2.05, 4.69) is 23.3 Å². The summed E-state index contributed by atoms with van der Waals surface area (Å²) < 4.78 is 0. The molecule has 0 spiro atoms. The van der Waals surface area contributed by atoms with E-state index >= 15 is 0 Å². The Balaban J connectivity index is 1.84. The number of anilines is 1. The topological polar surface area (TPSA) is 39.1 Å². The Morgan fingerprint density at radius 3 is 2.63 bits per heavy atom. The van der Waals surface area contributed by atoms with Crippen LogP contribution in [0.2, 0.25) is 5.02 Å². The van der Waals surface area contributed by atoms with E-state index in [1.165, 1.54) is 25.7 Å². The number of hydrogen-bond acceptors (Lipinski definition) is 3. The number of halogens is 1. The van der Waals surface area contributed by atoms with Gasteiger partial charge in [-0.05, 0) is 43.9 Å². The molecule has 0 saturated carbocycles. The van der Waals surface area contributed by atoms with Gasteiger partial charge in [0.1, 0.15) is 6.07 Å². The fourth-order valence-electron chi connectivity index (χ4n) is 3.45. The van der Waals surface area contributed by atoms with E-state index in [4.69, 9.17) is 11.6 Å². The van der Waals surface area contributed by atoms with Crippen LogP contribution in [0.4, 0.5) is 5.69 Å². The highest BCUT2D eigenvalue weighted by Crippen LogP contribution is 2.33. The Kier molecular flexibility index (Phi) is 3.38. The zero-order valence-electron chi connectivity index (χ0n) is 11.1. The van der Waals surface area contributed by atoms with Gasteiger partial charge in [-0.15, -0.1) is 0 Å². The molecule has 2 aliphatic heterocycles. The number of hydrogen-bond donors (Lipinski definition) is 1. The molecule has 0 radical (unpaired) electrons. The summed E-state index contributed by atoms with van der Waals surface area (Å²) in [6, 6.07) is 9.67. The Hall–Kier alpha value is -1.24. The molecule has 1 aromatic carbocycles. The lowest BCUT2D eigenvalue weighted by Gasteiger charge is -2.37. The first-order valence-electron chi connectivity index (χ1n) is 6.86. The second-order valence-corrected chi connectivity index (χ2v) is 6.08. The summed E-state index contributed by atoms with van der Waals surface area (Å²) in [6.07, 6.45) is 4.92. The predicted octanol–water partition coefficient (Wildman–Crippen LogP) is 2.93. The molecule has 2 heterocycles. The monoisotopic (exact) mass is 275 g/mol. The molecule has 3 rings (SSSR count). The highest BCUT2D eigenvalue weighted by atomic mass is 35.5. The van der Waals surface area contributed by atoms with Crippen molar-refractivity contribution in [1.29, 1.82) is 5.26 Å². The number of nitriles is 1. The zero-order valence-corrected chi connectivity index (χ0v) is 11.8. The maximum absolute atomic E-state index is 9.26. The summed E-state index contributed by atoms with van der Waals surface area (Å²) in [5.41, 5.74) is 1.67. The van der Waals surface area contributed by atoms with Gasteiger partial charge in [-0.2, -0.15) is 5.26 Å². The summed E-state index contributed by atoms with van der Waals surface area (Å²) in [5, 5.41) is 13.5. The van der Waals surface area contributed by atoms with Gasteiger partial charge in [0, 0.05) is 30.2 Å². The van der Waals surface area contributed by atoms with E-state index < -0.39 is 0 Å². The Morgan fingerprint density at radius 1 is 1.32 bits per heavy atom. The Morgan fingerprint density at radius 2 is 2.00 bits per heavy atom. The molecule has 3 nitrogen and oxygen atoms in total. The van der Waals surface area contributed by atoms with Crippen LogP contribution < -0.4 is 10.2 Å². The van der Waals surface area contributed by atoms with Crippen molar-refractivity contribution >= 4 is 17.3 Å². The summed E-state index contributed by atoms with van der Waals surface area (Å²) in [6.45, 7) is 0. The van der Waals surface area contributed by atoms with Crippen molar-refractivity contribution in [2.75, 3.05) is 11.9 Å². The van der Waals surface area contributed by atoms with Gasteiger partial charge in [-0.1, -0.05) is 11.6 Å². The van der Waals surface area contributed by atoms with Gasteiger partial charge < -0.3 is 10.2 Å². The molecule has 100 valence electrons. The number of piperidine rings is 1. The Labute approximate surface area is 119 Å². The molecule has 2 saturated heterocycles. The molecule has 2 aliphatic rings. The lowest BCUT2D eigenvalue weighted by atomic mass is 9.97. The van der Waals surface area contributed by atoms with Crippen LogP contribution in [0.25, 0.3) is 0 Å². The van der Waals surface area contributed by atoms with Gasteiger partial charge in [-0.25, -0.2) is 0 Å². The number of nitrogens with zero attached hydrogens (tertiary/aromatic N) is 2. The highest BCUT2D eigenvalue weighted by Gasteiger charge is 2.35. The van der Waals surface area contributed by atoms with Crippen LogP contribution in [0.15, 0.2) is 18.2 Å². The smallest absolute Gasteiger partial charge is 0.101 e. The zero-order chi connectivity index (χ0) is 13.4. The van der Waals surface area contributed by atoms with E-state index in [-0.39, 0.29) is 0 Å². The van der Waals surface area contributed by atoms with Crippen LogP contribution in [0.1, 0.15) is 31.2 Å². The molecule has 2 bridgehead atoms. The average Bonchev–Trinajstić information content (AvgIpc) is 2.76. The fraction of sp³-hybridized carbons (Fsp3) is 0.533. The minimum Gasteiger partial charge on any atom is -0.370 e. The van der Waals surface area contributed by atoms with Crippen LogP contribution >= 0.6 is 11.6 Å². The van der Waals surface area contributed by atoms with Gasteiger partial charge >= 0.3 is 0 Å². The lowest BCUT2D eigenvalue weighted by Crippen LogP contribution is -2.47. The molecule has 0 aliphatic carbocycles. The van der Waals surface area contributed by atoms with E-state index in [0.29, 0.717) is 28.7 Å². The van der Waals surface area contributed by atoms with Gasteiger partial charge in [0.05, 0.1) is 11.3 Å². The summed E-state index contributed by atoms with van der Waals surface area (Å²) >= 11 is 5.96. The van der Waals surface area contributed by atoms with Gasteiger partial charge in [0.15, 0.2) is 0 Å². The molecule has 0 amide bonds. The first-order valence-corrected chi connectivity index (χ1v) is 7.23. The van der Waals surface area contributed by atoms with Crippen molar-refractivity contribution < 1.29 is 0 Å². The van der Waals surface area contributed by atoms with Crippen molar-refractivity contribution in [1.82, 2.24) is 5.32 Å². The fourth-order valence-corrected chi connectivity index (χ4v) is 3.62. The Bertz CT molecular complexity index is 511. The van der Waals surface area contributed by atoms with Crippen LogP contribution in [-0.4, -0.2) is 25.2 Å². The second kappa shape index (κ2) is 5.03. The largest absolute Gasteiger partial charge is 0.370 e. The van der Waals surface area contributed by atoms with Crippen LogP contribution in [0.5, 0.6) is 0 Å². The molecular weight excluding hydrogens is 258 g/mol. The molecule has 2 fully saturated rings. The van der Waals surface area contributed by atoms with E-state index in [1.807, 2.05) is 12.1 Å². The highest BCUT2D eigenvalue weighted by molar-refractivity contribution is 6.30. The first-order chi connectivity index (χ1) is 9.17. The first kappa shape index (κ1) is 12.8. The molecular formula is C15H18ClN3. The second-order valence-electron chi connectivity index (χ2n) is 5.65. The van der Waals surface area contributed by atoms with E-state index in [1.54, 1.807) is 6.07 Å². The third-order valence-electron chi connectivity index (χ3n) is 4.45. The quantitative estimate of drug-likeness (QED) is 0.902. The summed E-state index contributed by atoms with van der Waals surface area (Å²) in [5.74, 6) is 0. The number of benzene rings is 1. The van der Waals surface area contributed by atoms with Gasteiger partial charge in [0.25, 0.3) is 0 Å². The third kappa shape index (κ3) is 2.43. The maximum atomic E-state index is 9.26. The summed E-state index contributed by atoms with van der Waals surface area (Å²) in [7, 11) is 2.10. The van der Waals surface area contributed by atoms with Crippen molar-refractivity contribution in [3.63, 3.8) is 0 Å². The molecule has 4 heteroatoms. The molecule has 1 aromatic rings. The van der Waals surface area contributed by atoms with Gasteiger partial charge in [0.2, 0.25) is 0 Å². The van der Waals surface area contributed by atoms with Crippen molar-refractivity contribution in [2.45, 2.75) is 43.8 Å². The minimum atomic E-state index is 0.520. The molecule has 2 atom stereocenters. The van der Waals surface area contributed by atoms with Crippen molar-refractivity contribution in [3.8, 4) is 6.07 Å². The molecule has 2 unspecified atom stereocenters. The van der Waals surface area contributed by atoms with Crippen molar-refractivity contribution in [2.24, 2.45) is 0 Å². The van der Waals surface area contributed by atoms with Crippen LogP contribution in [0.3, 0.4) is 0 Å². The third-order valence-corrected chi connectivity index (χ3v) is 4.69. The van der Waals surface area contributed by atoms with Crippen LogP contribution in [0, 0.1) is 11.3 Å². The molecule has 19 heavy (non-hydrogen) atoms. The SMILES string of the molecule is CN(c1ccc(Cl)cc1C#N)C1CC2CCC(C1)N2. The lowest BCUT2D eigenvalue weighted by molar-refractivity contribution is 0.354. The number of nitrogens with one attached hydrogen (secondary N) is 1. The minimum absolute atomic E-state index is 0.520.